The third-order valence-electron chi connectivity index (χ3n) is 3.85. The predicted molar refractivity (Wildman–Crippen MR) is 91.8 cm³/mol. The first-order valence-corrected chi connectivity index (χ1v) is 7.78. The third-order valence-corrected chi connectivity index (χ3v) is 3.85. The van der Waals surface area contributed by atoms with E-state index in [0.717, 1.165) is 0 Å². The molecule has 3 N–H and O–H groups in total. The van der Waals surface area contributed by atoms with Gasteiger partial charge in [0.05, 0.1) is 5.52 Å². The highest BCUT2D eigenvalue weighted by Crippen LogP contribution is 2.28. The topological polar surface area (TPSA) is 86.7 Å². The molecule has 2 aromatic heterocycles. The minimum absolute atomic E-state index is 0.105. The molecule has 0 aliphatic heterocycles. The van der Waals surface area contributed by atoms with E-state index in [1.807, 2.05) is 0 Å². The number of benzene rings is 2. The molecule has 0 saturated carbocycles. The lowest BCUT2D eigenvalue weighted by atomic mass is 10.1. The number of aromatic nitrogens is 4. The van der Waals surface area contributed by atoms with Crippen molar-refractivity contribution < 1.29 is 13.9 Å². The van der Waals surface area contributed by atoms with Crippen molar-refractivity contribution in [2.24, 2.45) is 0 Å². The van der Waals surface area contributed by atoms with Crippen LogP contribution in [0.15, 0.2) is 54.7 Å². The average molecular weight is 353 g/mol. The van der Waals surface area contributed by atoms with E-state index >= 15 is 0 Å². The summed E-state index contributed by atoms with van der Waals surface area (Å²) in [4.78, 5) is 8.64. The summed E-state index contributed by atoms with van der Waals surface area (Å²) in [5, 5.41) is 20.7. The molecule has 6 nitrogen and oxygen atoms in total. The van der Waals surface area contributed by atoms with Gasteiger partial charge < -0.3 is 10.4 Å². The van der Waals surface area contributed by atoms with E-state index in [2.05, 4.69) is 25.5 Å². The summed E-state index contributed by atoms with van der Waals surface area (Å²) in [6.07, 6.45) is 0.463. The van der Waals surface area contributed by atoms with Gasteiger partial charge in [-0.3, -0.25) is 5.10 Å². The Morgan fingerprint density at radius 1 is 0.962 bits per heavy atom. The van der Waals surface area contributed by atoms with Gasteiger partial charge in [-0.05, 0) is 35.9 Å². The molecule has 0 saturated heterocycles. The fraction of sp³-hybridized carbons (Fsp3) is 0.0556. The SMILES string of the molecule is O[C@H](c1ccc(F)cc1)c1nc(Nc2cc[nH]n2)c2cc(F)ccc2n1. The van der Waals surface area contributed by atoms with Crippen molar-refractivity contribution in [3.8, 4) is 0 Å². The van der Waals surface area contributed by atoms with Gasteiger partial charge in [-0.2, -0.15) is 5.10 Å². The molecule has 4 aromatic rings. The van der Waals surface area contributed by atoms with Crippen LogP contribution in [-0.2, 0) is 0 Å². The van der Waals surface area contributed by atoms with Gasteiger partial charge in [-0.1, -0.05) is 12.1 Å². The van der Waals surface area contributed by atoms with Crippen LogP contribution in [0, 0.1) is 11.6 Å². The lowest BCUT2D eigenvalue weighted by Gasteiger charge is -2.14. The van der Waals surface area contributed by atoms with Crippen LogP contribution in [0.3, 0.4) is 0 Å². The minimum atomic E-state index is -1.16. The molecule has 0 radical (unpaired) electrons. The summed E-state index contributed by atoms with van der Waals surface area (Å²) < 4.78 is 26.8. The van der Waals surface area contributed by atoms with Crippen LogP contribution >= 0.6 is 0 Å². The molecule has 8 heteroatoms. The fourth-order valence-electron chi connectivity index (χ4n) is 2.58. The van der Waals surface area contributed by atoms with Gasteiger partial charge >= 0.3 is 0 Å². The number of aliphatic hydroxyl groups excluding tert-OH is 1. The first kappa shape index (κ1) is 16.1. The number of hydrogen-bond acceptors (Lipinski definition) is 5. The van der Waals surface area contributed by atoms with Gasteiger partial charge in [0, 0.05) is 17.6 Å². The Morgan fingerprint density at radius 2 is 1.73 bits per heavy atom. The first-order chi connectivity index (χ1) is 12.6. The van der Waals surface area contributed by atoms with Crippen molar-refractivity contribution >= 4 is 22.5 Å². The molecule has 0 amide bonds. The van der Waals surface area contributed by atoms with Crippen LogP contribution in [0.5, 0.6) is 0 Å². The maximum absolute atomic E-state index is 13.7. The van der Waals surface area contributed by atoms with Gasteiger partial charge in [-0.25, -0.2) is 18.7 Å². The van der Waals surface area contributed by atoms with E-state index in [1.54, 1.807) is 12.3 Å². The van der Waals surface area contributed by atoms with Crippen molar-refractivity contribution in [2.45, 2.75) is 6.10 Å². The first-order valence-electron chi connectivity index (χ1n) is 7.78. The second-order valence-corrected chi connectivity index (χ2v) is 5.63. The van der Waals surface area contributed by atoms with Crippen molar-refractivity contribution in [1.82, 2.24) is 20.2 Å². The number of H-pyrrole nitrogens is 1. The van der Waals surface area contributed by atoms with E-state index in [9.17, 15) is 13.9 Å². The van der Waals surface area contributed by atoms with Gasteiger partial charge in [0.25, 0.3) is 0 Å². The van der Waals surface area contributed by atoms with Gasteiger partial charge in [0.2, 0.25) is 0 Å². The maximum Gasteiger partial charge on any atom is 0.164 e. The highest BCUT2D eigenvalue weighted by Gasteiger charge is 2.18. The summed E-state index contributed by atoms with van der Waals surface area (Å²) in [5.74, 6) is 0.0535. The number of rotatable bonds is 4. The maximum atomic E-state index is 13.7. The molecule has 0 unspecified atom stereocenters. The van der Waals surface area contributed by atoms with Crippen LogP contribution in [0.2, 0.25) is 0 Å². The molecule has 1 atom stereocenters. The molecular weight excluding hydrogens is 340 g/mol. The highest BCUT2D eigenvalue weighted by atomic mass is 19.1. The summed E-state index contributed by atoms with van der Waals surface area (Å²) >= 11 is 0. The lowest BCUT2D eigenvalue weighted by Crippen LogP contribution is -2.08. The Hall–Kier alpha value is -3.39. The molecule has 0 aliphatic carbocycles. The quantitative estimate of drug-likeness (QED) is 0.523. The zero-order valence-corrected chi connectivity index (χ0v) is 13.3. The molecule has 0 spiro atoms. The van der Waals surface area contributed by atoms with E-state index in [4.69, 9.17) is 0 Å². The number of halogens is 2. The fourth-order valence-corrected chi connectivity index (χ4v) is 2.58. The Morgan fingerprint density at radius 3 is 2.46 bits per heavy atom. The van der Waals surface area contributed by atoms with Crippen molar-refractivity contribution in [3.05, 3.63) is 77.8 Å². The lowest BCUT2D eigenvalue weighted by molar-refractivity contribution is 0.210. The molecule has 4 rings (SSSR count). The summed E-state index contributed by atoms with van der Waals surface area (Å²) in [6.45, 7) is 0. The number of hydrogen-bond donors (Lipinski definition) is 3. The monoisotopic (exact) mass is 353 g/mol. The van der Waals surface area contributed by atoms with E-state index in [0.29, 0.717) is 28.1 Å². The van der Waals surface area contributed by atoms with E-state index in [-0.39, 0.29) is 5.82 Å². The Kier molecular flexibility index (Phi) is 4.02. The van der Waals surface area contributed by atoms with Crippen molar-refractivity contribution in [2.75, 3.05) is 5.32 Å². The molecule has 130 valence electrons. The number of aliphatic hydroxyl groups is 1. The number of fused-ring (bicyclic) bond motifs is 1. The third kappa shape index (κ3) is 3.09. The van der Waals surface area contributed by atoms with Crippen LogP contribution in [0.1, 0.15) is 17.5 Å². The number of nitrogens with zero attached hydrogens (tertiary/aromatic N) is 3. The Bertz CT molecular complexity index is 1050. The second kappa shape index (κ2) is 6.49. The van der Waals surface area contributed by atoms with Crippen LogP contribution < -0.4 is 5.32 Å². The summed E-state index contributed by atoms with van der Waals surface area (Å²) in [6, 6.07) is 11.2. The van der Waals surface area contributed by atoms with Crippen molar-refractivity contribution in [1.29, 1.82) is 0 Å². The molecule has 0 fully saturated rings. The Balaban J connectivity index is 1.82. The zero-order chi connectivity index (χ0) is 18.1. The smallest absolute Gasteiger partial charge is 0.164 e. The number of anilines is 2. The summed E-state index contributed by atoms with van der Waals surface area (Å²) in [5.41, 5.74) is 0.897. The van der Waals surface area contributed by atoms with E-state index < -0.39 is 17.7 Å². The molecule has 2 aromatic carbocycles. The molecular formula is C18H13F2N5O. The molecule has 26 heavy (non-hydrogen) atoms. The van der Waals surface area contributed by atoms with Gasteiger partial charge in [0.15, 0.2) is 11.6 Å². The second-order valence-electron chi connectivity index (χ2n) is 5.63. The standard InChI is InChI=1S/C18H13F2N5O/c19-11-3-1-10(2-4-11)16(26)18-22-14-6-5-12(20)9-13(14)17(24-18)23-15-7-8-21-25-15/h1-9,16,26H,(H2,21,22,23,24,25)/t16-/m1/s1. The van der Waals surface area contributed by atoms with Crippen LogP contribution in [0.25, 0.3) is 10.9 Å². The van der Waals surface area contributed by atoms with Crippen molar-refractivity contribution in [3.63, 3.8) is 0 Å². The Labute approximate surface area is 146 Å². The summed E-state index contributed by atoms with van der Waals surface area (Å²) in [7, 11) is 0. The number of nitrogens with one attached hydrogen (secondary N) is 2. The highest BCUT2D eigenvalue weighted by molar-refractivity contribution is 5.90. The molecule has 2 heterocycles. The largest absolute Gasteiger partial charge is 0.380 e. The van der Waals surface area contributed by atoms with Crippen LogP contribution in [0.4, 0.5) is 20.4 Å². The van der Waals surface area contributed by atoms with Gasteiger partial charge in [0.1, 0.15) is 23.6 Å². The van der Waals surface area contributed by atoms with Crippen LogP contribution in [-0.4, -0.2) is 25.3 Å². The molecule has 0 bridgehead atoms. The number of aromatic amines is 1. The average Bonchev–Trinajstić information content (AvgIpc) is 3.15. The zero-order valence-electron chi connectivity index (χ0n) is 13.3. The minimum Gasteiger partial charge on any atom is -0.380 e. The van der Waals surface area contributed by atoms with Gasteiger partial charge in [-0.15, -0.1) is 0 Å². The predicted octanol–water partition coefficient (Wildman–Crippen LogP) is 3.46. The van der Waals surface area contributed by atoms with E-state index in [1.165, 1.54) is 42.5 Å². The normalized spacial score (nSPS) is 12.3. The molecule has 0 aliphatic rings.